The molecule has 172 valence electrons. The van der Waals surface area contributed by atoms with Gasteiger partial charge in [0.2, 0.25) is 0 Å². The molecular weight excluding hydrogens is 428 g/mol. The first-order chi connectivity index (χ1) is 15.2. The summed E-state index contributed by atoms with van der Waals surface area (Å²) in [7, 11) is 0. The lowest BCUT2D eigenvalue weighted by atomic mass is 10.0. The van der Waals surface area contributed by atoms with Gasteiger partial charge in [0.1, 0.15) is 5.50 Å². The molecule has 0 bridgehead atoms. The van der Waals surface area contributed by atoms with Crippen LogP contribution in [0, 0.1) is 5.92 Å². The Morgan fingerprint density at radius 3 is 2.56 bits per heavy atom. The number of nitrogens with zero attached hydrogens (tertiary/aromatic N) is 1. The fraction of sp³-hybridized carbons (Fsp3) is 0.391. The molecule has 32 heavy (non-hydrogen) atoms. The number of anilines is 1. The molecule has 1 aliphatic heterocycles. The number of amides is 2. The van der Waals surface area contributed by atoms with Crippen molar-refractivity contribution in [2.75, 3.05) is 18.0 Å². The van der Waals surface area contributed by atoms with E-state index in [1.807, 2.05) is 36.4 Å². The molecule has 0 spiro atoms. The van der Waals surface area contributed by atoms with E-state index in [9.17, 15) is 14.7 Å². The quantitative estimate of drug-likeness (QED) is 0.390. The molecule has 2 amide bonds. The molecule has 3 atom stereocenters. The number of benzene rings is 2. The second kappa shape index (κ2) is 10.7. The Labute approximate surface area is 192 Å². The van der Waals surface area contributed by atoms with Gasteiger partial charge in [0.15, 0.2) is 0 Å². The van der Waals surface area contributed by atoms with Crippen molar-refractivity contribution in [3.63, 3.8) is 0 Å². The van der Waals surface area contributed by atoms with E-state index in [0.29, 0.717) is 17.9 Å². The van der Waals surface area contributed by atoms with E-state index >= 15 is 0 Å². The van der Waals surface area contributed by atoms with Gasteiger partial charge in [-0.05, 0) is 36.1 Å². The van der Waals surface area contributed by atoms with Gasteiger partial charge in [0, 0.05) is 23.5 Å². The molecule has 0 saturated carbocycles. The van der Waals surface area contributed by atoms with Gasteiger partial charge in [0.25, 0.3) is 5.91 Å². The molecule has 0 aromatic heterocycles. The van der Waals surface area contributed by atoms with Gasteiger partial charge >= 0.3 is 6.09 Å². The smallest absolute Gasteiger partial charge is 0.404 e. The highest BCUT2D eigenvalue weighted by Gasteiger charge is 2.29. The Morgan fingerprint density at radius 1 is 1.19 bits per heavy atom. The molecule has 1 heterocycles. The van der Waals surface area contributed by atoms with E-state index in [1.165, 1.54) is 11.8 Å². The van der Waals surface area contributed by atoms with Gasteiger partial charge in [-0.15, -0.1) is 0 Å². The van der Waals surface area contributed by atoms with Crippen LogP contribution in [0.4, 0.5) is 10.5 Å². The zero-order chi connectivity index (χ0) is 23.3. The number of carboxylic acid groups (broad SMARTS) is 1. The summed E-state index contributed by atoms with van der Waals surface area (Å²) in [5.74, 6) is 0.123. The summed E-state index contributed by atoms with van der Waals surface area (Å²) in [4.78, 5) is 26.9. The maximum Gasteiger partial charge on any atom is 0.404 e. The molecule has 3 rings (SSSR count). The van der Waals surface area contributed by atoms with Crippen molar-refractivity contribution >= 4 is 29.4 Å². The Kier molecular flexibility index (Phi) is 8.00. The van der Waals surface area contributed by atoms with Crippen molar-refractivity contribution in [3.05, 3.63) is 59.7 Å². The third kappa shape index (κ3) is 6.15. The average Bonchev–Trinajstić information content (AvgIpc) is 3.05. The standard InChI is InChI=1S/C23H30N4O4S/c1-14(2)13-27-18-9-8-16(11-20(18)32-22(27)24)21(29)25-12-19(28)17(26-23(30)31)10-15-6-4-3-5-7-15/h3-9,11,14,17,19,22,26,28H,10,12-13,24H2,1-2H3,(H,25,29)(H,30,31)/t17-,19-,22?/m0/s1. The minimum atomic E-state index is -1.23. The minimum Gasteiger partial charge on any atom is -0.465 e. The molecule has 0 radical (unpaired) electrons. The lowest BCUT2D eigenvalue weighted by Gasteiger charge is -2.25. The molecule has 0 saturated heterocycles. The monoisotopic (exact) mass is 458 g/mol. The second-order valence-corrected chi connectivity index (χ2v) is 9.42. The van der Waals surface area contributed by atoms with Crippen molar-refractivity contribution < 1.29 is 19.8 Å². The third-order valence-corrected chi connectivity index (χ3v) is 6.27. The van der Waals surface area contributed by atoms with E-state index in [0.717, 1.165) is 22.7 Å². The second-order valence-electron chi connectivity index (χ2n) is 8.26. The molecule has 1 aliphatic rings. The van der Waals surface area contributed by atoms with Crippen LogP contribution in [-0.4, -0.2) is 52.9 Å². The zero-order valence-corrected chi connectivity index (χ0v) is 19.0. The van der Waals surface area contributed by atoms with Gasteiger partial charge in [-0.3, -0.25) is 4.79 Å². The SMILES string of the molecule is CC(C)CN1c2ccc(C(=O)NC[C@H](O)[C@H](Cc3ccccc3)NC(=O)O)cc2SC1N. The fourth-order valence-electron chi connectivity index (χ4n) is 3.66. The van der Waals surface area contributed by atoms with Gasteiger partial charge in [-0.25, -0.2) is 4.79 Å². The predicted octanol–water partition coefficient (Wildman–Crippen LogP) is 2.47. The van der Waals surface area contributed by atoms with Crippen LogP contribution in [-0.2, 0) is 6.42 Å². The summed E-state index contributed by atoms with van der Waals surface area (Å²) in [6.07, 6.45) is -2.01. The summed E-state index contributed by atoms with van der Waals surface area (Å²) in [5.41, 5.74) is 8.42. The molecular formula is C23H30N4O4S. The van der Waals surface area contributed by atoms with Crippen LogP contribution in [0.2, 0.25) is 0 Å². The van der Waals surface area contributed by atoms with E-state index < -0.39 is 18.2 Å². The molecule has 8 nitrogen and oxygen atoms in total. The molecule has 2 aromatic carbocycles. The Morgan fingerprint density at radius 2 is 1.91 bits per heavy atom. The van der Waals surface area contributed by atoms with Crippen LogP contribution in [0.5, 0.6) is 0 Å². The Balaban J connectivity index is 1.63. The number of nitrogens with two attached hydrogens (primary N) is 1. The first kappa shape index (κ1) is 23.9. The fourth-order valence-corrected chi connectivity index (χ4v) is 4.75. The lowest BCUT2D eigenvalue weighted by molar-refractivity contribution is 0.0874. The van der Waals surface area contributed by atoms with Crippen LogP contribution >= 0.6 is 11.8 Å². The summed E-state index contributed by atoms with van der Waals surface area (Å²) in [6.45, 7) is 5.01. The summed E-state index contributed by atoms with van der Waals surface area (Å²) in [6, 6.07) is 14.0. The van der Waals surface area contributed by atoms with Crippen molar-refractivity contribution in [3.8, 4) is 0 Å². The van der Waals surface area contributed by atoms with Crippen molar-refractivity contribution in [2.45, 2.75) is 42.8 Å². The maximum absolute atomic E-state index is 12.7. The summed E-state index contributed by atoms with van der Waals surface area (Å²) in [5, 5.41) is 24.7. The van der Waals surface area contributed by atoms with Crippen molar-refractivity contribution in [2.24, 2.45) is 11.7 Å². The van der Waals surface area contributed by atoms with Crippen LogP contribution in [0.25, 0.3) is 0 Å². The highest BCUT2D eigenvalue weighted by molar-refractivity contribution is 8.00. The van der Waals surface area contributed by atoms with Gasteiger partial charge in [-0.2, -0.15) is 0 Å². The van der Waals surface area contributed by atoms with Crippen molar-refractivity contribution in [1.82, 2.24) is 10.6 Å². The minimum absolute atomic E-state index is 0.0835. The number of nitrogens with one attached hydrogen (secondary N) is 2. The zero-order valence-electron chi connectivity index (χ0n) is 18.2. The largest absolute Gasteiger partial charge is 0.465 e. The number of thioether (sulfide) groups is 1. The number of carbonyl (C=O) groups is 2. The summed E-state index contributed by atoms with van der Waals surface area (Å²) < 4.78 is 0. The van der Waals surface area contributed by atoms with Gasteiger partial charge < -0.3 is 31.5 Å². The van der Waals surface area contributed by atoms with Crippen LogP contribution < -0.4 is 21.3 Å². The Bertz CT molecular complexity index is 941. The predicted molar refractivity (Wildman–Crippen MR) is 126 cm³/mol. The first-order valence-corrected chi connectivity index (χ1v) is 11.4. The van der Waals surface area contributed by atoms with E-state index in [4.69, 9.17) is 10.8 Å². The normalized spacial score (nSPS) is 17.0. The lowest BCUT2D eigenvalue weighted by Crippen LogP contribution is -2.49. The molecule has 1 unspecified atom stereocenters. The topological polar surface area (TPSA) is 128 Å². The van der Waals surface area contributed by atoms with E-state index in [-0.39, 0.29) is 17.9 Å². The van der Waals surface area contributed by atoms with Gasteiger partial charge in [-0.1, -0.05) is 55.9 Å². The number of hydrogen-bond acceptors (Lipinski definition) is 6. The number of fused-ring (bicyclic) bond motifs is 1. The number of aliphatic hydroxyl groups excluding tert-OH is 1. The first-order valence-electron chi connectivity index (χ1n) is 10.6. The third-order valence-electron chi connectivity index (χ3n) is 5.19. The van der Waals surface area contributed by atoms with Crippen LogP contribution in [0.3, 0.4) is 0 Å². The number of carbonyl (C=O) groups excluding carboxylic acids is 1. The van der Waals surface area contributed by atoms with E-state index in [1.54, 1.807) is 12.1 Å². The number of rotatable bonds is 9. The molecule has 0 aliphatic carbocycles. The molecule has 6 N–H and O–H groups in total. The van der Waals surface area contributed by atoms with Gasteiger partial charge in [0.05, 0.1) is 17.8 Å². The maximum atomic E-state index is 12.7. The highest BCUT2D eigenvalue weighted by Crippen LogP contribution is 2.42. The highest BCUT2D eigenvalue weighted by atomic mass is 32.2. The number of aliphatic hydroxyl groups is 1. The average molecular weight is 459 g/mol. The van der Waals surface area contributed by atoms with Crippen molar-refractivity contribution in [1.29, 1.82) is 0 Å². The Hall–Kier alpha value is -2.75. The number of hydrogen-bond donors (Lipinski definition) is 5. The molecule has 0 fully saturated rings. The van der Waals surface area contributed by atoms with Crippen LogP contribution in [0.1, 0.15) is 29.8 Å². The molecule has 2 aromatic rings. The summed E-state index contributed by atoms with van der Waals surface area (Å²) >= 11 is 1.51. The van der Waals surface area contributed by atoms with Crippen LogP contribution in [0.15, 0.2) is 53.4 Å². The van der Waals surface area contributed by atoms with E-state index in [2.05, 4.69) is 29.4 Å². The molecule has 9 heteroatoms.